The monoisotopic (exact) mass is 279 g/mol. The first-order chi connectivity index (χ1) is 10.1. The number of hydrogen-bond acceptors (Lipinski definition) is 3. The Balaban J connectivity index is 1.87. The van der Waals surface area contributed by atoms with Gasteiger partial charge in [0.15, 0.2) is 5.96 Å². The first-order valence-electron chi connectivity index (χ1n) is 7.35. The highest BCUT2D eigenvalue weighted by Crippen LogP contribution is 2.32. The molecule has 21 heavy (non-hydrogen) atoms. The fourth-order valence-electron chi connectivity index (χ4n) is 2.82. The fourth-order valence-corrected chi connectivity index (χ4v) is 2.82. The molecule has 0 amide bonds. The Hall–Kier alpha value is -2.29. The maximum atomic E-state index is 6.00. The third-order valence-electron chi connectivity index (χ3n) is 3.98. The minimum Gasteiger partial charge on any atom is -0.370 e. The lowest BCUT2D eigenvalue weighted by Gasteiger charge is -2.29. The summed E-state index contributed by atoms with van der Waals surface area (Å²) in [6, 6.07) is 17.5. The summed E-state index contributed by atoms with van der Waals surface area (Å²) in [4.78, 5) is 4.57. The van der Waals surface area contributed by atoms with Crippen LogP contribution in [0.4, 0.5) is 0 Å². The van der Waals surface area contributed by atoms with Gasteiger partial charge in [0.05, 0.1) is 12.1 Å². The molecule has 0 radical (unpaired) electrons. The van der Waals surface area contributed by atoms with E-state index < -0.39 is 0 Å². The van der Waals surface area contributed by atoms with Gasteiger partial charge < -0.3 is 11.1 Å². The number of aryl methyl sites for hydroxylation is 2. The van der Waals surface area contributed by atoms with Crippen molar-refractivity contribution in [3.8, 4) is 0 Å². The largest absolute Gasteiger partial charge is 0.370 e. The van der Waals surface area contributed by atoms with Gasteiger partial charge in [0, 0.05) is 0 Å². The summed E-state index contributed by atoms with van der Waals surface area (Å²) in [6.45, 7) is 4.21. The molecule has 2 aromatic rings. The quantitative estimate of drug-likeness (QED) is 0.885. The van der Waals surface area contributed by atoms with E-state index >= 15 is 0 Å². The Morgan fingerprint density at radius 2 is 1.76 bits per heavy atom. The number of benzene rings is 2. The van der Waals surface area contributed by atoms with Crippen LogP contribution in [0, 0.1) is 13.8 Å². The van der Waals surface area contributed by atoms with Crippen LogP contribution < -0.4 is 11.1 Å². The van der Waals surface area contributed by atoms with Gasteiger partial charge in [-0.3, -0.25) is 0 Å². The van der Waals surface area contributed by atoms with Crippen LogP contribution >= 0.6 is 0 Å². The number of rotatable bonds is 2. The molecule has 1 aliphatic heterocycles. The van der Waals surface area contributed by atoms with E-state index in [0.717, 1.165) is 6.42 Å². The Morgan fingerprint density at radius 3 is 2.48 bits per heavy atom. The molecule has 3 N–H and O–H groups in total. The van der Waals surface area contributed by atoms with Crippen molar-refractivity contribution < 1.29 is 0 Å². The third kappa shape index (κ3) is 3.07. The highest BCUT2D eigenvalue weighted by molar-refractivity contribution is 5.79. The lowest BCUT2D eigenvalue weighted by Crippen LogP contribution is -2.39. The molecule has 3 rings (SSSR count). The number of guanidine groups is 1. The average molecular weight is 279 g/mol. The van der Waals surface area contributed by atoms with Crippen LogP contribution in [0.25, 0.3) is 0 Å². The molecule has 0 fully saturated rings. The van der Waals surface area contributed by atoms with E-state index in [0.29, 0.717) is 5.96 Å². The normalized spacial score (nSPS) is 21.5. The van der Waals surface area contributed by atoms with Gasteiger partial charge in [0.1, 0.15) is 0 Å². The Kier molecular flexibility index (Phi) is 3.65. The molecule has 108 valence electrons. The fraction of sp³-hybridized carbons (Fsp3) is 0.278. The van der Waals surface area contributed by atoms with E-state index in [1.807, 2.05) is 0 Å². The topological polar surface area (TPSA) is 50.4 Å². The van der Waals surface area contributed by atoms with Crippen LogP contribution in [0.15, 0.2) is 53.5 Å². The number of hydrogen-bond donors (Lipinski definition) is 2. The summed E-state index contributed by atoms with van der Waals surface area (Å²) in [7, 11) is 0. The first kappa shape index (κ1) is 13.7. The summed E-state index contributed by atoms with van der Waals surface area (Å²) in [6.07, 6.45) is 0.924. The van der Waals surface area contributed by atoms with Crippen LogP contribution in [0.3, 0.4) is 0 Å². The second-order valence-corrected chi connectivity index (χ2v) is 5.79. The van der Waals surface area contributed by atoms with Crippen molar-refractivity contribution in [2.75, 3.05) is 0 Å². The van der Waals surface area contributed by atoms with Gasteiger partial charge in [-0.05, 0) is 31.4 Å². The highest BCUT2D eigenvalue weighted by Gasteiger charge is 2.24. The van der Waals surface area contributed by atoms with Gasteiger partial charge in [0.2, 0.25) is 0 Å². The van der Waals surface area contributed by atoms with Crippen molar-refractivity contribution in [2.24, 2.45) is 10.7 Å². The third-order valence-corrected chi connectivity index (χ3v) is 3.98. The van der Waals surface area contributed by atoms with Gasteiger partial charge in [0.25, 0.3) is 0 Å². The predicted molar refractivity (Wildman–Crippen MR) is 87.2 cm³/mol. The SMILES string of the molecule is Cc1ccc(C2CC(c3cccc(C)c3)N=C(N)N2)cc1. The lowest BCUT2D eigenvalue weighted by atomic mass is 9.93. The summed E-state index contributed by atoms with van der Waals surface area (Å²) in [5.41, 5.74) is 11.0. The van der Waals surface area contributed by atoms with Crippen LogP contribution in [0.1, 0.15) is 40.8 Å². The molecule has 1 aliphatic rings. The maximum absolute atomic E-state index is 6.00. The van der Waals surface area contributed by atoms with Crippen molar-refractivity contribution in [3.05, 3.63) is 70.8 Å². The molecule has 0 saturated heterocycles. The molecular weight excluding hydrogens is 258 g/mol. The molecule has 0 spiro atoms. The van der Waals surface area contributed by atoms with Gasteiger partial charge in [-0.1, -0.05) is 59.7 Å². The van der Waals surface area contributed by atoms with E-state index in [2.05, 4.69) is 72.7 Å². The summed E-state index contributed by atoms with van der Waals surface area (Å²) >= 11 is 0. The van der Waals surface area contributed by atoms with Crippen molar-refractivity contribution in [2.45, 2.75) is 32.4 Å². The summed E-state index contributed by atoms with van der Waals surface area (Å²) < 4.78 is 0. The second-order valence-electron chi connectivity index (χ2n) is 5.79. The molecule has 3 heteroatoms. The van der Waals surface area contributed by atoms with Crippen molar-refractivity contribution in [1.82, 2.24) is 5.32 Å². The zero-order valence-corrected chi connectivity index (χ0v) is 12.5. The zero-order chi connectivity index (χ0) is 14.8. The molecule has 2 aromatic carbocycles. The van der Waals surface area contributed by atoms with Crippen LogP contribution in [-0.4, -0.2) is 5.96 Å². The highest BCUT2D eigenvalue weighted by atomic mass is 15.1. The van der Waals surface area contributed by atoms with Crippen LogP contribution in [-0.2, 0) is 0 Å². The molecule has 1 heterocycles. The standard InChI is InChI=1S/C18H21N3/c1-12-6-8-14(9-7-12)16-11-17(21-18(19)20-16)15-5-3-4-13(2)10-15/h3-10,16-17H,11H2,1-2H3,(H3,19,20,21). The number of aliphatic imine (C=N–C) groups is 1. The Morgan fingerprint density at radius 1 is 1.00 bits per heavy atom. The Bertz CT molecular complexity index is 658. The smallest absolute Gasteiger partial charge is 0.189 e. The zero-order valence-electron chi connectivity index (χ0n) is 12.5. The predicted octanol–water partition coefficient (Wildman–Crippen LogP) is 3.39. The van der Waals surface area contributed by atoms with Crippen LogP contribution in [0.2, 0.25) is 0 Å². The van der Waals surface area contributed by atoms with Gasteiger partial charge in [-0.2, -0.15) is 0 Å². The van der Waals surface area contributed by atoms with Crippen molar-refractivity contribution in [1.29, 1.82) is 0 Å². The van der Waals surface area contributed by atoms with E-state index in [9.17, 15) is 0 Å². The second kappa shape index (κ2) is 5.60. The lowest BCUT2D eigenvalue weighted by molar-refractivity contribution is 0.487. The van der Waals surface area contributed by atoms with E-state index in [4.69, 9.17) is 5.73 Å². The number of nitrogens with one attached hydrogen (secondary N) is 1. The molecular formula is C18H21N3. The Labute approximate surface area is 125 Å². The molecule has 0 aromatic heterocycles. The summed E-state index contributed by atoms with van der Waals surface area (Å²) in [5, 5.41) is 3.29. The molecule has 0 aliphatic carbocycles. The van der Waals surface area contributed by atoms with Gasteiger partial charge in [-0.25, -0.2) is 4.99 Å². The minimum atomic E-state index is 0.123. The van der Waals surface area contributed by atoms with Crippen molar-refractivity contribution >= 4 is 5.96 Å². The minimum absolute atomic E-state index is 0.123. The first-order valence-corrected chi connectivity index (χ1v) is 7.35. The van der Waals surface area contributed by atoms with E-state index in [1.165, 1.54) is 22.3 Å². The van der Waals surface area contributed by atoms with Gasteiger partial charge in [-0.15, -0.1) is 0 Å². The van der Waals surface area contributed by atoms with Crippen LogP contribution in [0.5, 0.6) is 0 Å². The van der Waals surface area contributed by atoms with Crippen molar-refractivity contribution in [3.63, 3.8) is 0 Å². The molecule has 0 bridgehead atoms. The average Bonchev–Trinajstić information content (AvgIpc) is 2.47. The molecule has 0 saturated carbocycles. The number of nitrogens with zero attached hydrogens (tertiary/aromatic N) is 1. The van der Waals surface area contributed by atoms with Gasteiger partial charge >= 0.3 is 0 Å². The van der Waals surface area contributed by atoms with E-state index in [1.54, 1.807) is 0 Å². The summed E-state index contributed by atoms with van der Waals surface area (Å²) in [5.74, 6) is 0.526. The number of nitrogens with two attached hydrogens (primary N) is 1. The molecule has 2 unspecified atom stereocenters. The van der Waals surface area contributed by atoms with E-state index in [-0.39, 0.29) is 12.1 Å². The maximum Gasteiger partial charge on any atom is 0.189 e. The molecule has 3 nitrogen and oxygen atoms in total. The molecule has 2 atom stereocenters.